The fourth-order valence-corrected chi connectivity index (χ4v) is 4.93. The fraction of sp³-hybridized carbons (Fsp3) is 0.550. The van der Waals surface area contributed by atoms with E-state index in [1.54, 1.807) is 7.11 Å². The Morgan fingerprint density at radius 2 is 2.07 bits per heavy atom. The smallest absolute Gasteiger partial charge is 0.233 e. The van der Waals surface area contributed by atoms with Gasteiger partial charge in [-0.25, -0.2) is 0 Å². The van der Waals surface area contributed by atoms with E-state index >= 15 is 0 Å². The van der Waals surface area contributed by atoms with Gasteiger partial charge in [0.25, 0.3) is 0 Å². The minimum atomic E-state index is 0.157. The number of hydrogen-bond acceptors (Lipinski definition) is 6. The van der Waals surface area contributed by atoms with Gasteiger partial charge in [0.1, 0.15) is 5.75 Å². The first-order valence-corrected chi connectivity index (χ1v) is 10.6. The van der Waals surface area contributed by atoms with E-state index in [1.165, 1.54) is 25.7 Å². The molecule has 2 aliphatic rings. The van der Waals surface area contributed by atoms with E-state index in [4.69, 9.17) is 9.26 Å². The molecule has 2 heterocycles. The van der Waals surface area contributed by atoms with Gasteiger partial charge in [-0.3, -0.25) is 4.79 Å². The summed E-state index contributed by atoms with van der Waals surface area (Å²) >= 11 is 1.82. The van der Waals surface area contributed by atoms with Crippen LogP contribution in [0.25, 0.3) is 0 Å². The monoisotopic (exact) mass is 387 g/mol. The summed E-state index contributed by atoms with van der Waals surface area (Å²) in [6.07, 6.45) is 5.72. The molecule has 1 saturated carbocycles. The SMILES string of the molecule is COc1ccccc1Cc1noc(C2CN(C(=O)CSC3CCCC3)C2)n1. The zero-order valence-electron chi connectivity index (χ0n) is 15.6. The van der Waals surface area contributed by atoms with E-state index in [2.05, 4.69) is 10.1 Å². The Morgan fingerprint density at radius 3 is 2.85 bits per heavy atom. The first-order chi connectivity index (χ1) is 13.2. The number of amides is 1. The molecule has 1 aliphatic heterocycles. The first-order valence-electron chi connectivity index (χ1n) is 9.56. The van der Waals surface area contributed by atoms with Crippen LogP contribution in [0.1, 0.15) is 48.9 Å². The predicted octanol–water partition coefficient (Wildman–Crippen LogP) is 3.27. The molecule has 1 aliphatic carbocycles. The molecule has 0 bridgehead atoms. The number of hydrogen-bond donors (Lipinski definition) is 0. The van der Waals surface area contributed by atoms with Crippen molar-refractivity contribution in [3.63, 3.8) is 0 Å². The van der Waals surface area contributed by atoms with E-state index in [0.717, 1.165) is 11.3 Å². The standard InChI is InChI=1S/C20H25N3O3S/c1-25-17-9-5-2-6-14(17)10-18-21-20(26-22-18)15-11-23(12-15)19(24)13-27-16-7-3-4-8-16/h2,5-6,9,15-16H,3-4,7-8,10-13H2,1H3. The Hall–Kier alpha value is -2.02. The van der Waals surface area contributed by atoms with Crippen LogP contribution >= 0.6 is 11.8 Å². The van der Waals surface area contributed by atoms with Gasteiger partial charge >= 0.3 is 0 Å². The molecule has 4 rings (SSSR count). The van der Waals surface area contributed by atoms with E-state index in [-0.39, 0.29) is 11.8 Å². The van der Waals surface area contributed by atoms with Crippen molar-refractivity contribution >= 4 is 17.7 Å². The van der Waals surface area contributed by atoms with Crippen molar-refractivity contribution in [2.75, 3.05) is 26.0 Å². The number of thioether (sulfide) groups is 1. The maximum absolute atomic E-state index is 12.3. The molecule has 0 unspecified atom stereocenters. The van der Waals surface area contributed by atoms with Crippen molar-refractivity contribution in [2.45, 2.75) is 43.3 Å². The Kier molecular flexibility index (Phi) is 5.66. The minimum Gasteiger partial charge on any atom is -0.496 e. The molecular formula is C20H25N3O3S. The Morgan fingerprint density at radius 1 is 1.30 bits per heavy atom. The molecule has 2 fully saturated rings. The van der Waals surface area contributed by atoms with Crippen LogP contribution in [-0.2, 0) is 11.2 Å². The molecule has 1 saturated heterocycles. The normalized spacial score (nSPS) is 17.9. The summed E-state index contributed by atoms with van der Waals surface area (Å²) in [5.41, 5.74) is 1.03. The second kappa shape index (κ2) is 8.33. The number of carbonyl (C=O) groups is 1. The first kappa shape index (κ1) is 18.3. The van der Waals surface area contributed by atoms with Gasteiger partial charge in [0.15, 0.2) is 5.82 Å². The van der Waals surface area contributed by atoms with Gasteiger partial charge in [0, 0.05) is 30.3 Å². The molecule has 2 aromatic rings. The van der Waals surface area contributed by atoms with Crippen molar-refractivity contribution in [1.82, 2.24) is 15.0 Å². The molecule has 1 aromatic heterocycles. The third-order valence-corrected chi connectivity index (χ3v) is 6.71. The van der Waals surface area contributed by atoms with Gasteiger partial charge in [-0.2, -0.15) is 4.98 Å². The number of carbonyl (C=O) groups excluding carboxylic acids is 1. The topological polar surface area (TPSA) is 68.5 Å². The molecule has 6 nitrogen and oxygen atoms in total. The molecule has 0 radical (unpaired) electrons. The quantitative estimate of drug-likeness (QED) is 0.726. The minimum absolute atomic E-state index is 0.157. The number of para-hydroxylation sites is 1. The van der Waals surface area contributed by atoms with Crippen molar-refractivity contribution in [2.24, 2.45) is 0 Å². The maximum Gasteiger partial charge on any atom is 0.233 e. The number of likely N-dealkylation sites (tertiary alicyclic amines) is 1. The lowest BCUT2D eigenvalue weighted by Gasteiger charge is -2.37. The molecule has 1 amide bonds. The predicted molar refractivity (Wildman–Crippen MR) is 104 cm³/mol. The zero-order valence-corrected chi connectivity index (χ0v) is 16.4. The average molecular weight is 388 g/mol. The van der Waals surface area contributed by atoms with Crippen LogP contribution in [0.5, 0.6) is 5.75 Å². The van der Waals surface area contributed by atoms with Gasteiger partial charge in [-0.05, 0) is 18.9 Å². The molecule has 27 heavy (non-hydrogen) atoms. The van der Waals surface area contributed by atoms with Crippen LogP contribution in [0.2, 0.25) is 0 Å². The fourth-order valence-electron chi connectivity index (χ4n) is 3.70. The summed E-state index contributed by atoms with van der Waals surface area (Å²) in [6, 6.07) is 7.84. The highest BCUT2D eigenvalue weighted by molar-refractivity contribution is 8.00. The van der Waals surface area contributed by atoms with E-state index in [9.17, 15) is 4.79 Å². The summed E-state index contributed by atoms with van der Waals surface area (Å²) in [6.45, 7) is 1.36. The van der Waals surface area contributed by atoms with Gasteiger partial charge in [-0.15, -0.1) is 11.8 Å². The highest BCUT2D eigenvalue weighted by Gasteiger charge is 2.35. The second-order valence-corrected chi connectivity index (χ2v) is 8.54. The molecule has 1 aromatic carbocycles. The van der Waals surface area contributed by atoms with Crippen molar-refractivity contribution in [1.29, 1.82) is 0 Å². The van der Waals surface area contributed by atoms with Gasteiger partial charge in [-0.1, -0.05) is 36.2 Å². The van der Waals surface area contributed by atoms with Crippen molar-refractivity contribution < 1.29 is 14.1 Å². The lowest BCUT2D eigenvalue weighted by Crippen LogP contribution is -2.49. The van der Waals surface area contributed by atoms with Gasteiger partial charge in [0.05, 0.1) is 18.8 Å². The Bertz CT molecular complexity index is 782. The summed E-state index contributed by atoms with van der Waals surface area (Å²) in [5.74, 6) is 3.09. The molecule has 7 heteroatoms. The molecule has 0 spiro atoms. The van der Waals surface area contributed by atoms with E-state index in [1.807, 2.05) is 40.9 Å². The zero-order chi connectivity index (χ0) is 18.6. The third-order valence-electron chi connectivity index (χ3n) is 5.35. The highest BCUT2D eigenvalue weighted by atomic mass is 32.2. The maximum atomic E-state index is 12.3. The summed E-state index contributed by atoms with van der Waals surface area (Å²) in [7, 11) is 1.66. The number of rotatable bonds is 7. The third kappa shape index (κ3) is 4.29. The van der Waals surface area contributed by atoms with Crippen LogP contribution < -0.4 is 4.74 Å². The second-order valence-electron chi connectivity index (χ2n) is 7.25. The number of methoxy groups -OCH3 is 1. The van der Waals surface area contributed by atoms with Crippen LogP contribution in [-0.4, -0.2) is 52.1 Å². The van der Waals surface area contributed by atoms with Crippen LogP contribution in [0.3, 0.4) is 0 Å². The molecule has 144 valence electrons. The van der Waals surface area contributed by atoms with Crippen LogP contribution in [0.4, 0.5) is 0 Å². The number of aromatic nitrogens is 2. The van der Waals surface area contributed by atoms with Crippen molar-refractivity contribution in [3.05, 3.63) is 41.5 Å². The number of ether oxygens (including phenoxy) is 1. The summed E-state index contributed by atoms with van der Waals surface area (Å²) in [4.78, 5) is 18.7. The number of benzene rings is 1. The molecule has 0 atom stereocenters. The van der Waals surface area contributed by atoms with E-state index in [0.29, 0.717) is 42.2 Å². The highest BCUT2D eigenvalue weighted by Crippen LogP contribution is 2.31. The Balaban J connectivity index is 1.27. The average Bonchev–Trinajstić information content (AvgIpc) is 3.31. The summed E-state index contributed by atoms with van der Waals surface area (Å²) in [5, 5.41) is 4.78. The lowest BCUT2D eigenvalue weighted by atomic mass is 10.0. The van der Waals surface area contributed by atoms with Gasteiger partial charge in [0.2, 0.25) is 11.8 Å². The van der Waals surface area contributed by atoms with E-state index < -0.39 is 0 Å². The molecular weight excluding hydrogens is 362 g/mol. The van der Waals surface area contributed by atoms with Crippen LogP contribution in [0.15, 0.2) is 28.8 Å². The largest absolute Gasteiger partial charge is 0.496 e. The summed E-state index contributed by atoms with van der Waals surface area (Å²) < 4.78 is 10.8. The molecule has 0 N–H and O–H groups in total. The van der Waals surface area contributed by atoms with Gasteiger partial charge < -0.3 is 14.2 Å². The van der Waals surface area contributed by atoms with Crippen molar-refractivity contribution in [3.8, 4) is 5.75 Å². The lowest BCUT2D eigenvalue weighted by molar-refractivity contribution is -0.133. The van der Waals surface area contributed by atoms with Crippen LogP contribution in [0, 0.1) is 0 Å². The Labute approximate surface area is 163 Å². The number of nitrogens with zero attached hydrogens (tertiary/aromatic N) is 3.